The van der Waals surface area contributed by atoms with Gasteiger partial charge in [0.15, 0.2) is 0 Å². The molecule has 170 valence electrons. The number of piperazine rings is 1. The van der Waals surface area contributed by atoms with Crippen LogP contribution in [0.3, 0.4) is 0 Å². The zero-order valence-electron chi connectivity index (χ0n) is 19.1. The Morgan fingerprint density at radius 3 is 2.47 bits per heavy atom. The monoisotopic (exact) mass is 451 g/mol. The highest BCUT2D eigenvalue weighted by Crippen LogP contribution is 2.33. The summed E-state index contributed by atoms with van der Waals surface area (Å²) in [5, 5.41) is 18.5. The Kier molecular flexibility index (Phi) is 5.60. The van der Waals surface area contributed by atoms with Crippen LogP contribution in [-0.2, 0) is 11.3 Å². The third-order valence-electron chi connectivity index (χ3n) is 6.33. The minimum absolute atomic E-state index is 0.0162. The number of anilines is 1. The molecule has 34 heavy (non-hydrogen) atoms. The summed E-state index contributed by atoms with van der Waals surface area (Å²) in [6, 6.07) is 12.7. The van der Waals surface area contributed by atoms with E-state index in [9.17, 15) is 10.1 Å². The van der Waals surface area contributed by atoms with Gasteiger partial charge in [0, 0.05) is 67.5 Å². The average molecular weight is 452 g/mol. The highest BCUT2D eigenvalue weighted by atomic mass is 16.2. The number of carbonyl (C=O) groups is 1. The van der Waals surface area contributed by atoms with Crippen molar-refractivity contribution in [2.24, 2.45) is 0 Å². The number of rotatable bonds is 5. The standard InChI is InChI=1S/C26H25N7O/c1-3-25(34)31-11-9-30(10-12-31)23-7-5-19(6-8-23)24-13-20(22-16-28-32(4-2)17-22)18-33-26(24)21(14-27)15-29-33/h3,5-8,13,15-18H,1,4,9-12H2,2H3. The molecular weight excluding hydrogens is 426 g/mol. The molecule has 4 heterocycles. The number of hydrogen-bond acceptors (Lipinski definition) is 5. The summed E-state index contributed by atoms with van der Waals surface area (Å²) in [5.74, 6) is -0.0162. The molecule has 1 aliphatic heterocycles. The molecule has 0 atom stereocenters. The van der Waals surface area contributed by atoms with E-state index in [0.717, 1.165) is 53.1 Å². The topological polar surface area (TPSA) is 82.5 Å². The summed E-state index contributed by atoms with van der Waals surface area (Å²) in [5.41, 5.74) is 6.39. The molecule has 4 aromatic rings. The Labute approximate surface area is 197 Å². The third-order valence-corrected chi connectivity index (χ3v) is 6.33. The van der Waals surface area contributed by atoms with Gasteiger partial charge in [0.05, 0.1) is 23.5 Å². The first-order valence-electron chi connectivity index (χ1n) is 11.3. The van der Waals surface area contributed by atoms with Gasteiger partial charge in [0.1, 0.15) is 6.07 Å². The SMILES string of the molecule is C=CC(=O)N1CCN(c2ccc(-c3cc(-c4cnn(CC)c4)cn4ncc(C#N)c34)cc2)CC1. The highest BCUT2D eigenvalue weighted by Gasteiger charge is 2.20. The van der Waals surface area contributed by atoms with Crippen LogP contribution < -0.4 is 4.90 Å². The molecule has 1 fully saturated rings. The molecule has 0 radical (unpaired) electrons. The highest BCUT2D eigenvalue weighted by molar-refractivity contribution is 5.88. The van der Waals surface area contributed by atoms with E-state index in [-0.39, 0.29) is 5.91 Å². The van der Waals surface area contributed by atoms with E-state index in [2.05, 4.69) is 65.0 Å². The number of amides is 1. The molecule has 1 saturated heterocycles. The minimum Gasteiger partial charge on any atom is -0.368 e. The fraction of sp³-hybridized carbons (Fsp3) is 0.231. The van der Waals surface area contributed by atoms with Gasteiger partial charge in [0.2, 0.25) is 5.91 Å². The number of pyridine rings is 1. The molecule has 0 aliphatic carbocycles. The summed E-state index contributed by atoms with van der Waals surface area (Å²) in [6.07, 6.45) is 8.78. The van der Waals surface area contributed by atoms with Gasteiger partial charge in [-0.2, -0.15) is 15.5 Å². The third kappa shape index (κ3) is 3.82. The summed E-state index contributed by atoms with van der Waals surface area (Å²) in [4.78, 5) is 16.0. The van der Waals surface area contributed by atoms with Gasteiger partial charge in [-0.25, -0.2) is 4.52 Å². The summed E-state index contributed by atoms with van der Waals surface area (Å²) >= 11 is 0. The minimum atomic E-state index is -0.0162. The van der Waals surface area contributed by atoms with Gasteiger partial charge in [-0.05, 0) is 36.8 Å². The van der Waals surface area contributed by atoms with Crippen molar-refractivity contribution < 1.29 is 4.79 Å². The van der Waals surface area contributed by atoms with Crippen LogP contribution in [0, 0.1) is 11.3 Å². The maximum Gasteiger partial charge on any atom is 0.246 e. The largest absolute Gasteiger partial charge is 0.368 e. The lowest BCUT2D eigenvalue weighted by Crippen LogP contribution is -2.48. The molecule has 3 aromatic heterocycles. The maximum absolute atomic E-state index is 11.9. The zero-order chi connectivity index (χ0) is 23.7. The summed E-state index contributed by atoms with van der Waals surface area (Å²) < 4.78 is 3.66. The van der Waals surface area contributed by atoms with Crippen LogP contribution in [0.4, 0.5) is 5.69 Å². The zero-order valence-corrected chi connectivity index (χ0v) is 19.1. The lowest BCUT2D eigenvalue weighted by molar-refractivity contribution is -0.126. The van der Waals surface area contributed by atoms with Crippen molar-refractivity contribution in [3.8, 4) is 28.3 Å². The summed E-state index contributed by atoms with van der Waals surface area (Å²) in [6.45, 7) is 9.35. The van der Waals surface area contributed by atoms with Crippen LogP contribution in [0.25, 0.3) is 27.8 Å². The first-order valence-corrected chi connectivity index (χ1v) is 11.3. The summed E-state index contributed by atoms with van der Waals surface area (Å²) in [7, 11) is 0. The Hall–Kier alpha value is -4.38. The van der Waals surface area contributed by atoms with Crippen molar-refractivity contribution in [2.45, 2.75) is 13.5 Å². The van der Waals surface area contributed by atoms with Crippen LogP contribution in [0.15, 0.2) is 67.8 Å². The van der Waals surface area contributed by atoms with Crippen molar-refractivity contribution >= 4 is 17.1 Å². The second-order valence-electron chi connectivity index (χ2n) is 8.25. The van der Waals surface area contributed by atoms with Crippen molar-refractivity contribution in [1.29, 1.82) is 5.26 Å². The second-order valence-corrected chi connectivity index (χ2v) is 8.25. The van der Waals surface area contributed by atoms with Crippen LogP contribution in [0.2, 0.25) is 0 Å². The molecule has 0 spiro atoms. The molecule has 0 unspecified atom stereocenters. The quantitative estimate of drug-likeness (QED) is 0.433. The molecule has 0 saturated carbocycles. The van der Waals surface area contributed by atoms with E-state index >= 15 is 0 Å². The molecule has 8 nitrogen and oxygen atoms in total. The number of aromatic nitrogens is 4. The molecule has 1 aromatic carbocycles. The molecular formula is C26H25N7O. The van der Waals surface area contributed by atoms with Crippen LogP contribution in [0.1, 0.15) is 12.5 Å². The van der Waals surface area contributed by atoms with E-state index < -0.39 is 0 Å². The predicted octanol–water partition coefficient (Wildman–Crippen LogP) is 3.59. The number of benzene rings is 1. The van der Waals surface area contributed by atoms with Gasteiger partial charge >= 0.3 is 0 Å². The fourth-order valence-electron chi connectivity index (χ4n) is 4.43. The number of carbonyl (C=O) groups excluding carboxylic acids is 1. The van der Waals surface area contributed by atoms with E-state index in [0.29, 0.717) is 18.7 Å². The van der Waals surface area contributed by atoms with E-state index in [1.165, 1.54) is 6.08 Å². The molecule has 1 aliphatic rings. The Bertz CT molecular complexity index is 1400. The number of hydrogen-bond donors (Lipinski definition) is 0. The van der Waals surface area contributed by atoms with Crippen LogP contribution in [-0.4, -0.2) is 56.4 Å². The Morgan fingerprint density at radius 1 is 1.06 bits per heavy atom. The predicted molar refractivity (Wildman–Crippen MR) is 131 cm³/mol. The first-order chi connectivity index (χ1) is 16.6. The van der Waals surface area contributed by atoms with E-state index in [1.54, 1.807) is 10.7 Å². The van der Waals surface area contributed by atoms with E-state index in [1.807, 2.05) is 28.2 Å². The van der Waals surface area contributed by atoms with Gasteiger partial charge in [-0.1, -0.05) is 18.7 Å². The Balaban J connectivity index is 1.49. The first kappa shape index (κ1) is 21.5. The molecule has 0 N–H and O–H groups in total. The average Bonchev–Trinajstić information content (AvgIpc) is 3.55. The van der Waals surface area contributed by atoms with E-state index in [4.69, 9.17) is 0 Å². The number of fused-ring (bicyclic) bond motifs is 1. The number of nitrogens with zero attached hydrogens (tertiary/aromatic N) is 7. The molecule has 1 amide bonds. The van der Waals surface area contributed by atoms with Gasteiger partial charge in [-0.3, -0.25) is 9.48 Å². The van der Waals surface area contributed by atoms with Gasteiger partial charge < -0.3 is 9.80 Å². The van der Waals surface area contributed by atoms with Crippen molar-refractivity contribution in [2.75, 3.05) is 31.1 Å². The van der Waals surface area contributed by atoms with Crippen LogP contribution >= 0.6 is 0 Å². The second kappa shape index (κ2) is 8.87. The normalized spacial score (nSPS) is 13.8. The van der Waals surface area contributed by atoms with Gasteiger partial charge in [-0.15, -0.1) is 0 Å². The van der Waals surface area contributed by atoms with Gasteiger partial charge in [0.25, 0.3) is 0 Å². The van der Waals surface area contributed by atoms with Crippen LogP contribution in [0.5, 0.6) is 0 Å². The van der Waals surface area contributed by atoms with Crippen molar-refractivity contribution in [3.05, 3.63) is 73.3 Å². The lowest BCUT2D eigenvalue weighted by Gasteiger charge is -2.35. The fourth-order valence-corrected chi connectivity index (χ4v) is 4.43. The molecule has 8 heteroatoms. The Morgan fingerprint density at radius 2 is 1.82 bits per heavy atom. The van der Waals surface area contributed by atoms with Crippen molar-refractivity contribution in [1.82, 2.24) is 24.3 Å². The number of nitriles is 1. The molecule has 0 bridgehead atoms. The lowest BCUT2D eigenvalue weighted by atomic mass is 9.99. The molecule has 5 rings (SSSR count). The smallest absolute Gasteiger partial charge is 0.246 e. The number of aryl methyl sites for hydroxylation is 1. The maximum atomic E-state index is 11.9. The van der Waals surface area contributed by atoms with Crippen molar-refractivity contribution in [3.63, 3.8) is 0 Å².